The maximum absolute atomic E-state index is 3.65. The molecule has 54 valence electrons. The van der Waals surface area contributed by atoms with Gasteiger partial charge in [-0.2, -0.15) is 0 Å². The predicted molar refractivity (Wildman–Crippen MR) is 44.7 cm³/mol. The Morgan fingerprint density at radius 3 is 3.00 bits per heavy atom. The highest BCUT2D eigenvalue weighted by Crippen LogP contribution is 2.16. The Labute approximate surface area is 62.1 Å². The zero-order chi connectivity index (χ0) is 7.40. The summed E-state index contributed by atoms with van der Waals surface area (Å²) in [6.45, 7) is 6.79. The zero-order valence-electron chi connectivity index (χ0n) is 6.35. The quantitative estimate of drug-likeness (QED) is 0.580. The monoisotopic (exact) mass is 135 g/mol. The number of hydrogen-bond donors (Lipinski definition) is 1. The standard InChI is InChI=1S/C9H13N/c1-3-5-9-8(4-2)6-7-10-9/h3-5,10H,1,6-7H2,2H3/b8-4-,9-5+. The Balaban J connectivity index is 2.77. The fourth-order valence-corrected chi connectivity index (χ4v) is 1.16. The molecule has 0 aromatic carbocycles. The summed E-state index contributed by atoms with van der Waals surface area (Å²) in [5.41, 5.74) is 2.64. The zero-order valence-corrected chi connectivity index (χ0v) is 6.35. The average Bonchev–Trinajstić information content (AvgIpc) is 2.36. The SMILES string of the molecule is C=C/C=C1/NCC/C1=C/C. The van der Waals surface area contributed by atoms with Crippen LogP contribution in [0.15, 0.2) is 36.1 Å². The van der Waals surface area contributed by atoms with Gasteiger partial charge in [-0.05, 0) is 25.0 Å². The van der Waals surface area contributed by atoms with E-state index in [9.17, 15) is 0 Å². The van der Waals surface area contributed by atoms with Gasteiger partial charge in [-0.3, -0.25) is 0 Å². The number of rotatable bonds is 1. The lowest BCUT2D eigenvalue weighted by Gasteiger charge is -1.96. The molecular formula is C9H13N. The Morgan fingerprint density at radius 2 is 2.40 bits per heavy atom. The highest BCUT2D eigenvalue weighted by atomic mass is 14.9. The molecule has 1 nitrogen and oxygen atoms in total. The average molecular weight is 135 g/mol. The van der Waals surface area contributed by atoms with E-state index in [1.54, 1.807) is 0 Å². The van der Waals surface area contributed by atoms with Crippen molar-refractivity contribution in [3.05, 3.63) is 36.1 Å². The molecule has 0 aromatic rings. The highest BCUT2D eigenvalue weighted by molar-refractivity contribution is 5.35. The van der Waals surface area contributed by atoms with Gasteiger partial charge >= 0.3 is 0 Å². The first-order valence-electron chi connectivity index (χ1n) is 3.60. The van der Waals surface area contributed by atoms with Crippen molar-refractivity contribution >= 4 is 0 Å². The van der Waals surface area contributed by atoms with Crippen molar-refractivity contribution in [1.29, 1.82) is 0 Å². The smallest absolute Gasteiger partial charge is 0.0369 e. The van der Waals surface area contributed by atoms with E-state index < -0.39 is 0 Å². The second-order valence-corrected chi connectivity index (χ2v) is 2.31. The molecule has 0 saturated carbocycles. The first-order chi connectivity index (χ1) is 4.88. The van der Waals surface area contributed by atoms with E-state index in [2.05, 4.69) is 24.9 Å². The second-order valence-electron chi connectivity index (χ2n) is 2.31. The minimum absolute atomic E-state index is 1.07. The molecule has 1 heterocycles. The van der Waals surface area contributed by atoms with E-state index in [0.717, 1.165) is 13.0 Å². The van der Waals surface area contributed by atoms with Crippen LogP contribution >= 0.6 is 0 Å². The lowest BCUT2D eigenvalue weighted by atomic mass is 10.2. The summed E-state index contributed by atoms with van der Waals surface area (Å²) in [7, 11) is 0. The molecule has 1 N–H and O–H groups in total. The van der Waals surface area contributed by atoms with Gasteiger partial charge in [0.2, 0.25) is 0 Å². The second kappa shape index (κ2) is 3.25. The molecule has 0 amide bonds. The number of allylic oxidation sites excluding steroid dienone is 4. The first-order valence-corrected chi connectivity index (χ1v) is 3.60. The van der Waals surface area contributed by atoms with Gasteiger partial charge in [-0.1, -0.05) is 18.7 Å². The highest BCUT2D eigenvalue weighted by Gasteiger charge is 2.09. The van der Waals surface area contributed by atoms with Gasteiger partial charge in [0.05, 0.1) is 0 Å². The summed E-state index contributed by atoms with van der Waals surface area (Å²) in [6.07, 6.45) is 7.13. The van der Waals surface area contributed by atoms with Crippen LogP contribution in [0.25, 0.3) is 0 Å². The molecule has 0 atom stereocenters. The van der Waals surface area contributed by atoms with Gasteiger partial charge in [-0.25, -0.2) is 0 Å². The molecule has 1 aliphatic heterocycles. The van der Waals surface area contributed by atoms with Gasteiger partial charge < -0.3 is 5.32 Å². The molecule has 10 heavy (non-hydrogen) atoms. The molecule has 0 unspecified atom stereocenters. The molecule has 1 heteroatoms. The molecule has 1 rings (SSSR count). The predicted octanol–water partition coefficient (Wildman–Crippen LogP) is 2.00. The third-order valence-electron chi connectivity index (χ3n) is 1.69. The van der Waals surface area contributed by atoms with Crippen LogP contribution in [-0.4, -0.2) is 6.54 Å². The molecular weight excluding hydrogens is 122 g/mol. The van der Waals surface area contributed by atoms with E-state index in [1.807, 2.05) is 12.2 Å². The van der Waals surface area contributed by atoms with E-state index in [1.165, 1.54) is 11.3 Å². The van der Waals surface area contributed by atoms with Crippen molar-refractivity contribution in [2.45, 2.75) is 13.3 Å². The maximum atomic E-state index is 3.65. The van der Waals surface area contributed by atoms with Gasteiger partial charge in [-0.15, -0.1) is 0 Å². The van der Waals surface area contributed by atoms with Gasteiger partial charge in [0, 0.05) is 12.2 Å². The first kappa shape index (κ1) is 7.13. The lowest BCUT2D eigenvalue weighted by Crippen LogP contribution is -2.03. The minimum atomic E-state index is 1.07. The van der Waals surface area contributed by atoms with Crippen LogP contribution < -0.4 is 5.32 Å². The molecule has 0 spiro atoms. The lowest BCUT2D eigenvalue weighted by molar-refractivity contribution is 0.915. The van der Waals surface area contributed by atoms with Gasteiger partial charge in [0.25, 0.3) is 0 Å². The summed E-state index contributed by atoms with van der Waals surface area (Å²) in [5, 5.41) is 3.28. The molecule has 0 aromatic heterocycles. The Bertz CT molecular complexity index is 187. The molecule has 1 saturated heterocycles. The van der Waals surface area contributed by atoms with E-state index in [4.69, 9.17) is 0 Å². The van der Waals surface area contributed by atoms with Crippen LogP contribution in [0.4, 0.5) is 0 Å². The Kier molecular flexibility index (Phi) is 2.32. The van der Waals surface area contributed by atoms with Gasteiger partial charge in [0.15, 0.2) is 0 Å². The molecule has 0 bridgehead atoms. The number of hydrogen-bond acceptors (Lipinski definition) is 1. The van der Waals surface area contributed by atoms with Gasteiger partial charge in [0.1, 0.15) is 0 Å². The fraction of sp³-hybridized carbons (Fsp3) is 0.333. The topological polar surface area (TPSA) is 12.0 Å². The fourth-order valence-electron chi connectivity index (χ4n) is 1.16. The van der Waals surface area contributed by atoms with Crippen LogP contribution in [0.2, 0.25) is 0 Å². The van der Waals surface area contributed by atoms with Crippen LogP contribution in [0, 0.1) is 0 Å². The van der Waals surface area contributed by atoms with Crippen molar-refractivity contribution in [3.63, 3.8) is 0 Å². The summed E-state index contributed by atoms with van der Waals surface area (Å²) in [5.74, 6) is 0. The van der Waals surface area contributed by atoms with Crippen LogP contribution in [0.5, 0.6) is 0 Å². The summed E-state index contributed by atoms with van der Waals surface area (Å²) < 4.78 is 0. The molecule has 1 aliphatic rings. The van der Waals surface area contributed by atoms with Crippen molar-refractivity contribution < 1.29 is 0 Å². The molecule has 0 radical (unpaired) electrons. The van der Waals surface area contributed by atoms with E-state index in [-0.39, 0.29) is 0 Å². The van der Waals surface area contributed by atoms with Crippen LogP contribution in [0.1, 0.15) is 13.3 Å². The van der Waals surface area contributed by atoms with Crippen molar-refractivity contribution in [2.24, 2.45) is 0 Å². The van der Waals surface area contributed by atoms with Crippen LogP contribution in [0.3, 0.4) is 0 Å². The Hall–Kier alpha value is -0.980. The summed E-state index contributed by atoms with van der Waals surface area (Å²) in [6, 6.07) is 0. The van der Waals surface area contributed by atoms with Crippen molar-refractivity contribution in [1.82, 2.24) is 5.32 Å². The third kappa shape index (κ3) is 1.29. The Morgan fingerprint density at radius 1 is 1.60 bits per heavy atom. The maximum Gasteiger partial charge on any atom is 0.0369 e. The summed E-state index contributed by atoms with van der Waals surface area (Å²) >= 11 is 0. The summed E-state index contributed by atoms with van der Waals surface area (Å²) in [4.78, 5) is 0. The van der Waals surface area contributed by atoms with Crippen LogP contribution in [-0.2, 0) is 0 Å². The third-order valence-corrected chi connectivity index (χ3v) is 1.69. The van der Waals surface area contributed by atoms with E-state index in [0.29, 0.717) is 0 Å². The van der Waals surface area contributed by atoms with E-state index >= 15 is 0 Å². The largest absolute Gasteiger partial charge is 0.384 e. The minimum Gasteiger partial charge on any atom is -0.384 e. The van der Waals surface area contributed by atoms with Crippen molar-refractivity contribution in [2.75, 3.05) is 6.54 Å². The van der Waals surface area contributed by atoms with Crippen molar-refractivity contribution in [3.8, 4) is 0 Å². The number of nitrogens with one attached hydrogen (secondary N) is 1. The molecule has 1 fully saturated rings. The molecule has 0 aliphatic carbocycles. The normalized spacial score (nSPS) is 25.3.